The Kier molecular flexibility index (Phi) is 4.15. The first-order valence-corrected chi connectivity index (χ1v) is 7.73. The third-order valence-electron chi connectivity index (χ3n) is 3.11. The van der Waals surface area contributed by atoms with Gasteiger partial charge in [-0.1, -0.05) is 0 Å². The highest BCUT2D eigenvalue weighted by Gasteiger charge is 2.39. The summed E-state index contributed by atoms with van der Waals surface area (Å²) in [6, 6.07) is 4.70. The smallest absolute Gasteiger partial charge is 0.243 e. The number of rotatable bonds is 3. The highest BCUT2D eigenvalue weighted by atomic mass is 32.2. The maximum Gasteiger partial charge on any atom is 0.243 e. The molecule has 0 radical (unpaired) electrons. The molecule has 0 bridgehead atoms. The second kappa shape index (κ2) is 5.40. The van der Waals surface area contributed by atoms with E-state index < -0.39 is 27.5 Å². The van der Waals surface area contributed by atoms with E-state index in [1.165, 1.54) is 16.4 Å². The van der Waals surface area contributed by atoms with Gasteiger partial charge in [0.15, 0.2) is 0 Å². The summed E-state index contributed by atoms with van der Waals surface area (Å²) in [6.45, 7) is 3.55. The van der Waals surface area contributed by atoms with Gasteiger partial charge in [-0.05, 0) is 38.1 Å². The van der Waals surface area contributed by atoms with E-state index in [-0.39, 0.29) is 24.6 Å². The number of benzene rings is 1. The van der Waals surface area contributed by atoms with Crippen molar-refractivity contribution in [3.8, 4) is 0 Å². The average Bonchev–Trinajstić information content (AvgIpc) is 2.37. The molecule has 1 unspecified atom stereocenters. The molecule has 0 saturated carbocycles. The number of hydrogen-bond acceptors (Lipinski definition) is 4. The number of aliphatic hydroxyl groups is 1. The van der Waals surface area contributed by atoms with Crippen LogP contribution in [-0.4, -0.2) is 49.2 Å². The van der Waals surface area contributed by atoms with E-state index in [9.17, 15) is 17.9 Å². The highest BCUT2D eigenvalue weighted by molar-refractivity contribution is 7.89. The minimum atomic E-state index is -3.72. The van der Waals surface area contributed by atoms with E-state index in [4.69, 9.17) is 4.74 Å². The molecule has 5 nitrogen and oxygen atoms in total. The van der Waals surface area contributed by atoms with Crippen LogP contribution in [0.15, 0.2) is 29.2 Å². The summed E-state index contributed by atoms with van der Waals surface area (Å²) in [5, 5.41) is 9.22. The zero-order valence-corrected chi connectivity index (χ0v) is 12.2. The van der Waals surface area contributed by atoms with Crippen molar-refractivity contribution in [2.24, 2.45) is 0 Å². The minimum Gasteiger partial charge on any atom is -0.394 e. The number of ether oxygens (including phenoxy) is 1. The number of halogens is 1. The van der Waals surface area contributed by atoms with Gasteiger partial charge in [0, 0.05) is 13.1 Å². The fourth-order valence-corrected chi connectivity index (χ4v) is 3.90. The third kappa shape index (κ3) is 3.17. The van der Waals surface area contributed by atoms with Crippen LogP contribution >= 0.6 is 0 Å². The van der Waals surface area contributed by atoms with Gasteiger partial charge in [-0.25, -0.2) is 12.8 Å². The number of aliphatic hydroxyl groups excluding tert-OH is 1. The molecule has 7 heteroatoms. The quantitative estimate of drug-likeness (QED) is 0.904. The lowest BCUT2D eigenvalue weighted by atomic mass is 10.1. The summed E-state index contributed by atoms with van der Waals surface area (Å²) < 4.78 is 44.8. The first kappa shape index (κ1) is 15.4. The predicted molar refractivity (Wildman–Crippen MR) is 71.2 cm³/mol. The molecule has 112 valence electrons. The Morgan fingerprint density at radius 3 is 2.55 bits per heavy atom. The summed E-state index contributed by atoms with van der Waals surface area (Å²) in [5.41, 5.74) is -0.682. The van der Waals surface area contributed by atoms with Gasteiger partial charge in [-0.15, -0.1) is 0 Å². The maximum absolute atomic E-state index is 12.9. The van der Waals surface area contributed by atoms with E-state index in [1.54, 1.807) is 13.8 Å². The van der Waals surface area contributed by atoms with Gasteiger partial charge in [-0.2, -0.15) is 4.31 Å². The monoisotopic (exact) mass is 303 g/mol. The van der Waals surface area contributed by atoms with Gasteiger partial charge in [0.25, 0.3) is 0 Å². The van der Waals surface area contributed by atoms with E-state index >= 15 is 0 Å². The van der Waals surface area contributed by atoms with Crippen molar-refractivity contribution in [2.75, 3.05) is 19.7 Å². The Labute approximate surface area is 118 Å². The molecule has 1 saturated heterocycles. The molecule has 0 amide bonds. The molecule has 0 spiro atoms. The van der Waals surface area contributed by atoms with Gasteiger partial charge in [-0.3, -0.25) is 0 Å². The first-order valence-electron chi connectivity index (χ1n) is 6.29. The van der Waals surface area contributed by atoms with Crippen molar-refractivity contribution in [2.45, 2.75) is 30.4 Å². The molecular weight excluding hydrogens is 285 g/mol. The van der Waals surface area contributed by atoms with Crippen molar-refractivity contribution in [3.63, 3.8) is 0 Å². The number of hydrogen-bond donors (Lipinski definition) is 1. The van der Waals surface area contributed by atoms with Crippen LogP contribution in [0.5, 0.6) is 0 Å². The fourth-order valence-electron chi connectivity index (χ4n) is 2.28. The zero-order chi connectivity index (χ0) is 15.0. The lowest BCUT2D eigenvalue weighted by Gasteiger charge is -2.41. The summed E-state index contributed by atoms with van der Waals surface area (Å²) >= 11 is 0. The molecule has 1 aliphatic heterocycles. The van der Waals surface area contributed by atoms with Crippen molar-refractivity contribution < 1.29 is 22.7 Å². The summed E-state index contributed by atoms with van der Waals surface area (Å²) in [5.74, 6) is -0.487. The van der Waals surface area contributed by atoms with Gasteiger partial charge >= 0.3 is 0 Å². The van der Waals surface area contributed by atoms with Crippen molar-refractivity contribution in [1.29, 1.82) is 0 Å². The van der Waals surface area contributed by atoms with Crippen molar-refractivity contribution in [3.05, 3.63) is 30.1 Å². The number of morpholine rings is 1. The minimum absolute atomic E-state index is 0.0355. The second-order valence-electron chi connectivity index (χ2n) is 5.43. The van der Waals surface area contributed by atoms with Crippen LogP contribution in [0.3, 0.4) is 0 Å². The maximum atomic E-state index is 12.9. The van der Waals surface area contributed by atoms with Crippen LogP contribution in [0.25, 0.3) is 0 Å². The Morgan fingerprint density at radius 2 is 2.00 bits per heavy atom. The van der Waals surface area contributed by atoms with Crippen LogP contribution in [-0.2, 0) is 14.8 Å². The predicted octanol–water partition coefficient (Wildman–Crippen LogP) is 0.986. The molecule has 1 N–H and O–H groups in total. The van der Waals surface area contributed by atoms with E-state index in [0.29, 0.717) is 0 Å². The molecular formula is C13H18FNO4S. The van der Waals surface area contributed by atoms with Crippen LogP contribution in [0.2, 0.25) is 0 Å². The average molecular weight is 303 g/mol. The molecule has 1 atom stereocenters. The zero-order valence-electron chi connectivity index (χ0n) is 11.4. The summed E-state index contributed by atoms with van der Waals surface area (Å²) in [7, 11) is -3.72. The number of sulfonamides is 1. The van der Waals surface area contributed by atoms with Gasteiger partial charge in [0.05, 0.1) is 23.2 Å². The molecule has 1 aliphatic rings. The van der Waals surface area contributed by atoms with Crippen LogP contribution in [0, 0.1) is 5.82 Å². The van der Waals surface area contributed by atoms with Crippen molar-refractivity contribution >= 4 is 10.0 Å². The molecule has 1 fully saturated rings. The topological polar surface area (TPSA) is 66.8 Å². The van der Waals surface area contributed by atoms with E-state index in [1.807, 2.05) is 0 Å². The van der Waals surface area contributed by atoms with Crippen molar-refractivity contribution in [1.82, 2.24) is 4.31 Å². The summed E-state index contributed by atoms with van der Waals surface area (Å²) in [4.78, 5) is 0.0355. The molecule has 1 aromatic rings. The van der Waals surface area contributed by atoms with Crippen LogP contribution in [0.4, 0.5) is 4.39 Å². The van der Waals surface area contributed by atoms with Gasteiger partial charge < -0.3 is 9.84 Å². The standard InChI is InChI=1S/C13H18FNO4S/c1-13(2)9-15(7-11(8-16)19-13)20(17,18)12-5-3-10(14)4-6-12/h3-6,11,16H,7-9H2,1-2H3. The lowest BCUT2D eigenvalue weighted by Crippen LogP contribution is -2.55. The largest absolute Gasteiger partial charge is 0.394 e. The SMILES string of the molecule is CC1(C)CN(S(=O)(=O)c2ccc(F)cc2)CC(CO)O1. The molecule has 1 aromatic carbocycles. The lowest BCUT2D eigenvalue weighted by molar-refractivity contribution is -0.131. The van der Waals surface area contributed by atoms with Crippen LogP contribution < -0.4 is 0 Å². The first-order chi connectivity index (χ1) is 9.24. The molecule has 20 heavy (non-hydrogen) atoms. The Bertz CT molecular complexity index is 571. The second-order valence-corrected chi connectivity index (χ2v) is 7.37. The molecule has 0 aliphatic carbocycles. The van der Waals surface area contributed by atoms with Crippen LogP contribution in [0.1, 0.15) is 13.8 Å². The molecule has 1 heterocycles. The number of nitrogens with zero attached hydrogens (tertiary/aromatic N) is 1. The molecule has 2 rings (SSSR count). The Morgan fingerprint density at radius 1 is 1.40 bits per heavy atom. The third-order valence-corrected chi connectivity index (χ3v) is 4.93. The normalized spacial score (nSPS) is 23.7. The van der Waals surface area contributed by atoms with E-state index in [2.05, 4.69) is 0 Å². The fraction of sp³-hybridized carbons (Fsp3) is 0.538. The Hall–Kier alpha value is -1.02. The molecule has 0 aromatic heterocycles. The highest BCUT2D eigenvalue weighted by Crippen LogP contribution is 2.26. The van der Waals surface area contributed by atoms with E-state index in [0.717, 1.165) is 12.1 Å². The van der Waals surface area contributed by atoms with Gasteiger partial charge in [0.1, 0.15) is 5.82 Å². The van der Waals surface area contributed by atoms with Gasteiger partial charge in [0.2, 0.25) is 10.0 Å². The Balaban J connectivity index is 2.31. The summed E-state index contributed by atoms with van der Waals surface area (Å²) in [6.07, 6.45) is -0.561.